The molecule has 4 rings (SSSR count). The van der Waals surface area contributed by atoms with Gasteiger partial charge in [0.2, 0.25) is 0 Å². The predicted molar refractivity (Wildman–Crippen MR) is 138 cm³/mol. The number of carbonyl (C=O) groups is 1. The number of nitrogens with one attached hydrogen (secondary N) is 1. The third-order valence-corrected chi connectivity index (χ3v) is 7.81. The quantitative estimate of drug-likeness (QED) is 0.354. The number of aromatic nitrogens is 1. The third-order valence-electron chi connectivity index (χ3n) is 5.32. The summed E-state index contributed by atoms with van der Waals surface area (Å²) < 4.78 is 46.8. The van der Waals surface area contributed by atoms with Crippen molar-refractivity contribution in [2.45, 2.75) is 11.4 Å². The van der Waals surface area contributed by atoms with Gasteiger partial charge in [-0.15, -0.1) is 0 Å². The fraction of sp³-hybridized carbons (Fsp3) is 0.200. The molecule has 0 atom stereocenters. The first kappa shape index (κ1) is 25.4. The molecular weight excluding hydrogens is 502 g/mol. The van der Waals surface area contributed by atoms with Gasteiger partial charge in [-0.3, -0.25) is 9.52 Å². The van der Waals surface area contributed by atoms with Crippen molar-refractivity contribution in [1.82, 2.24) is 4.57 Å². The first-order valence-corrected chi connectivity index (χ1v) is 13.2. The van der Waals surface area contributed by atoms with E-state index in [0.717, 1.165) is 10.2 Å². The number of fused-ring (bicyclic) bond motifs is 1. The summed E-state index contributed by atoms with van der Waals surface area (Å²) in [5.41, 5.74) is 1.24. The molecule has 0 fully saturated rings. The summed E-state index contributed by atoms with van der Waals surface area (Å²) in [6, 6.07) is 17.8. The number of anilines is 1. The number of carbonyl (C=O) groups excluding carboxylic acids is 1. The number of ether oxygens (including phenoxy) is 3. The smallest absolute Gasteiger partial charge is 0.279 e. The molecule has 0 radical (unpaired) electrons. The van der Waals surface area contributed by atoms with Crippen LogP contribution in [0.3, 0.4) is 0 Å². The van der Waals surface area contributed by atoms with Crippen LogP contribution in [0.25, 0.3) is 10.2 Å². The number of benzene rings is 3. The number of methoxy groups -OCH3 is 3. The van der Waals surface area contributed by atoms with Crippen LogP contribution in [0.15, 0.2) is 76.6 Å². The van der Waals surface area contributed by atoms with Crippen LogP contribution >= 0.6 is 11.3 Å². The topological polar surface area (TPSA) is 108 Å². The summed E-state index contributed by atoms with van der Waals surface area (Å²) >= 11 is 1.29. The highest BCUT2D eigenvalue weighted by Gasteiger charge is 2.18. The van der Waals surface area contributed by atoms with Crippen molar-refractivity contribution in [3.8, 4) is 11.5 Å². The van der Waals surface area contributed by atoms with Crippen molar-refractivity contribution >= 4 is 43.2 Å². The van der Waals surface area contributed by atoms with Gasteiger partial charge in [-0.25, -0.2) is 8.42 Å². The number of hydrogen-bond acceptors (Lipinski definition) is 7. The highest BCUT2D eigenvalue weighted by molar-refractivity contribution is 7.92. The van der Waals surface area contributed by atoms with Gasteiger partial charge in [-0.05, 0) is 42.5 Å². The lowest BCUT2D eigenvalue weighted by molar-refractivity contribution is 0.0997. The Morgan fingerprint density at radius 2 is 1.69 bits per heavy atom. The Labute approximate surface area is 212 Å². The lowest BCUT2D eigenvalue weighted by Crippen LogP contribution is -2.19. The van der Waals surface area contributed by atoms with E-state index in [1.165, 1.54) is 29.5 Å². The van der Waals surface area contributed by atoms with Crippen molar-refractivity contribution in [3.05, 3.63) is 77.1 Å². The van der Waals surface area contributed by atoms with Crippen LogP contribution in [0, 0.1) is 0 Å². The fourth-order valence-corrected chi connectivity index (χ4v) is 5.84. The van der Waals surface area contributed by atoms with Crippen molar-refractivity contribution in [2.75, 3.05) is 32.7 Å². The second-order valence-corrected chi connectivity index (χ2v) is 10.3. The van der Waals surface area contributed by atoms with Gasteiger partial charge in [-0.2, -0.15) is 4.99 Å². The molecule has 1 amide bonds. The summed E-state index contributed by atoms with van der Waals surface area (Å²) in [6.07, 6.45) is 0. The Bertz CT molecular complexity index is 1560. The van der Waals surface area contributed by atoms with E-state index < -0.39 is 15.9 Å². The molecule has 0 spiro atoms. The van der Waals surface area contributed by atoms with Crippen LogP contribution in [-0.2, 0) is 21.3 Å². The second kappa shape index (κ2) is 10.9. The van der Waals surface area contributed by atoms with Crippen LogP contribution in [0.1, 0.15) is 10.4 Å². The van der Waals surface area contributed by atoms with Gasteiger partial charge < -0.3 is 18.8 Å². The molecule has 11 heteroatoms. The van der Waals surface area contributed by atoms with E-state index in [0.29, 0.717) is 29.5 Å². The van der Waals surface area contributed by atoms with E-state index in [2.05, 4.69) is 9.71 Å². The molecule has 9 nitrogen and oxygen atoms in total. The Balaban J connectivity index is 1.75. The van der Waals surface area contributed by atoms with Gasteiger partial charge in [-0.1, -0.05) is 35.6 Å². The number of thiazole rings is 1. The van der Waals surface area contributed by atoms with E-state index in [4.69, 9.17) is 14.2 Å². The van der Waals surface area contributed by atoms with Crippen LogP contribution in [-0.4, -0.2) is 46.8 Å². The summed E-state index contributed by atoms with van der Waals surface area (Å²) in [6.45, 7) is 0.827. The molecule has 4 aromatic rings. The molecule has 188 valence electrons. The zero-order valence-electron chi connectivity index (χ0n) is 19.9. The molecule has 0 saturated heterocycles. The molecule has 36 heavy (non-hydrogen) atoms. The lowest BCUT2D eigenvalue weighted by Gasteiger charge is -2.10. The molecular formula is C25H25N3O6S2. The Hall–Kier alpha value is -3.67. The Morgan fingerprint density at radius 1 is 0.972 bits per heavy atom. The van der Waals surface area contributed by atoms with Gasteiger partial charge in [0.1, 0.15) is 21.7 Å². The van der Waals surface area contributed by atoms with E-state index in [1.54, 1.807) is 69.9 Å². The van der Waals surface area contributed by atoms with Gasteiger partial charge in [0, 0.05) is 24.9 Å². The standard InChI is InChI=1S/C25H25N3O6S2/c1-32-15-14-28-22-20(33-2)12-13-21(34-3)23(22)35-25(28)26-24(29)17-8-7-9-18(16-17)27-36(30,31)19-10-5-4-6-11-19/h4-13,16,27H,14-15H2,1-3H3. The highest BCUT2D eigenvalue weighted by Crippen LogP contribution is 2.35. The van der Waals surface area contributed by atoms with Crippen molar-refractivity contribution in [2.24, 2.45) is 4.99 Å². The summed E-state index contributed by atoms with van der Waals surface area (Å²) in [7, 11) is 0.941. The molecule has 1 aromatic heterocycles. The van der Waals surface area contributed by atoms with Gasteiger partial charge in [0.05, 0.1) is 25.7 Å². The molecule has 0 saturated carbocycles. The SMILES string of the molecule is COCCn1c(=NC(=O)c2cccc(NS(=O)(=O)c3ccccc3)c2)sc2c(OC)ccc(OC)c21. The monoisotopic (exact) mass is 527 g/mol. The average molecular weight is 528 g/mol. The number of hydrogen-bond donors (Lipinski definition) is 1. The fourth-order valence-electron chi connectivity index (χ4n) is 3.61. The van der Waals surface area contributed by atoms with Crippen LogP contribution in [0.4, 0.5) is 5.69 Å². The molecule has 0 aliphatic carbocycles. The van der Waals surface area contributed by atoms with Crippen molar-refractivity contribution in [3.63, 3.8) is 0 Å². The lowest BCUT2D eigenvalue weighted by atomic mass is 10.2. The molecule has 0 aliphatic rings. The molecule has 0 bridgehead atoms. The molecule has 1 N–H and O–H groups in total. The number of sulfonamides is 1. The minimum absolute atomic E-state index is 0.124. The minimum atomic E-state index is -3.80. The van der Waals surface area contributed by atoms with E-state index in [1.807, 2.05) is 4.57 Å². The number of nitrogens with zero attached hydrogens (tertiary/aromatic N) is 2. The summed E-state index contributed by atoms with van der Waals surface area (Å²) in [4.78, 5) is 18.1. The normalized spacial score (nSPS) is 12.0. The van der Waals surface area contributed by atoms with E-state index in [-0.39, 0.29) is 16.1 Å². The summed E-state index contributed by atoms with van der Waals surface area (Å²) in [5.74, 6) is 0.726. The molecule has 3 aromatic carbocycles. The Morgan fingerprint density at radius 3 is 2.39 bits per heavy atom. The first-order valence-electron chi connectivity index (χ1n) is 10.9. The molecule has 1 heterocycles. The maximum absolute atomic E-state index is 13.2. The molecule has 0 aliphatic heterocycles. The van der Waals surface area contributed by atoms with Gasteiger partial charge >= 0.3 is 0 Å². The van der Waals surface area contributed by atoms with Crippen molar-refractivity contribution < 1.29 is 27.4 Å². The van der Waals surface area contributed by atoms with Crippen LogP contribution in [0.5, 0.6) is 11.5 Å². The largest absolute Gasteiger partial charge is 0.495 e. The van der Waals surface area contributed by atoms with Crippen LogP contribution < -0.4 is 19.0 Å². The van der Waals surface area contributed by atoms with Crippen LogP contribution in [0.2, 0.25) is 0 Å². The van der Waals surface area contributed by atoms with Gasteiger partial charge in [0.15, 0.2) is 4.80 Å². The first-order chi connectivity index (χ1) is 17.4. The number of amides is 1. The summed E-state index contributed by atoms with van der Waals surface area (Å²) in [5, 5.41) is 0. The van der Waals surface area contributed by atoms with E-state index in [9.17, 15) is 13.2 Å². The Kier molecular flexibility index (Phi) is 7.73. The minimum Gasteiger partial charge on any atom is -0.495 e. The predicted octanol–water partition coefficient (Wildman–Crippen LogP) is 3.91. The zero-order valence-corrected chi connectivity index (χ0v) is 21.6. The van der Waals surface area contributed by atoms with Gasteiger partial charge in [0.25, 0.3) is 15.9 Å². The highest BCUT2D eigenvalue weighted by atomic mass is 32.2. The zero-order chi connectivity index (χ0) is 25.7. The maximum Gasteiger partial charge on any atom is 0.279 e. The second-order valence-electron chi connectivity index (χ2n) is 7.59. The van der Waals surface area contributed by atoms with E-state index >= 15 is 0 Å². The number of rotatable bonds is 9. The maximum atomic E-state index is 13.2. The average Bonchev–Trinajstić information content (AvgIpc) is 3.25. The van der Waals surface area contributed by atoms with Crippen molar-refractivity contribution in [1.29, 1.82) is 0 Å². The molecule has 0 unspecified atom stereocenters. The third kappa shape index (κ3) is 5.27.